The van der Waals surface area contributed by atoms with Crippen molar-refractivity contribution >= 4 is 21.6 Å². The van der Waals surface area contributed by atoms with Crippen LogP contribution in [0.3, 0.4) is 0 Å². The standard InChI is InChI=1S/C23H27F3N2O3S/c1-5-22(17-7-9-18(10-8-17)23(24,25)26)13-19(22)21(29)27-15(3)16-6-11-20(14(2)12-16)28-32(4,30)31/h6-12,15,19,28H,5,13H2,1-4H3,(H,27,29)/t15-,19?,22?/m1/s1. The number of alkyl halides is 3. The third kappa shape index (κ3) is 5.09. The van der Waals surface area contributed by atoms with Crippen LogP contribution in [0.15, 0.2) is 42.5 Å². The summed E-state index contributed by atoms with van der Waals surface area (Å²) in [4.78, 5) is 12.9. The van der Waals surface area contributed by atoms with Gasteiger partial charge in [0.2, 0.25) is 15.9 Å². The smallest absolute Gasteiger partial charge is 0.349 e. The fourth-order valence-electron chi connectivity index (χ4n) is 4.22. The number of aryl methyl sites for hydroxylation is 1. The number of halogens is 3. The number of amides is 1. The molecule has 0 heterocycles. The van der Waals surface area contributed by atoms with Crippen LogP contribution in [-0.2, 0) is 26.4 Å². The average Bonchev–Trinajstić information content (AvgIpc) is 3.44. The third-order valence-corrected chi connectivity index (χ3v) is 6.81. The number of carbonyl (C=O) groups is 1. The SMILES string of the molecule is CCC1(c2ccc(C(F)(F)F)cc2)CC1C(=O)N[C@H](C)c1ccc(NS(C)(=O)=O)c(C)c1. The fourth-order valence-corrected chi connectivity index (χ4v) is 4.85. The molecule has 2 aromatic rings. The van der Waals surface area contributed by atoms with Gasteiger partial charge >= 0.3 is 6.18 Å². The minimum atomic E-state index is -4.39. The van der Waals surface area contributed by atoms with Gasteiger partial charge in [-0.25, -0.2) is 8.42 Å². The average molecular weight is 469 g/mol. The van der Waals surface area contributed by atoms with Crippen molar-refractivity contribution in [1.82, 2.24) is 5.32 Å². The van der Waals surface area contributed by atoms with Crippen molar-refractivity contribution in [2.24, 2.45) is 5.92 Å². The monoisotopic (exact) mass is 468 g/mol. The van der Waals surface area contributed by atoms with Crippen LogP contribution < -0.4 is 10.0 Å². The maximum atomic E-state index is 12.9. The molecule has 0 radical (unpaired) electrons. The Morgan fingerprint density at radius 2 is 1.81 bits per heavy atom. The van der Waals surface area contributed by atoms with Crippen molar-refractivity contribution in [3.05, 3.63) is 64.7 Å². The van der Waals surface area contributed by atoms with E-state index >= 15 is 0 Å². The van der Waals surface area contributed by atoms with Gasteiger partial charge in [-0.05, 0) is 61.6 Å². The predicted octanol–water partition coefficient (Wildman–Crippen LogP) is 4.93. The lowest BCUT2D eigenvalue weighted by Crippen LogP contribution is -2.31. The number of sulfonamides is 1. The van der Waals surface area contributed by atoms with Gasteiger partial charge in [0.05, 0.1) is 23.5 Å². The van der Waals surface area contributed by atoms with E-state index in [0.717, 1.165) is 35.1 Å². The molecular weight excluding hydrogens is 441 g/mol. The third-order valence-electron chi connectivity index (χ3n) is 6.21. The van der Waals surface area contributed by atoms with Crippen molar-refractivity contribution in [1.29, 1.82) is 0 Å². The van der Waals surface area contributed by atoms with Gasteiger partial charge < -0.3 is 5.32 Å². The Labute approximate surface area is 186 Å². The second-order valence-electron chi connectivity index (χ2n) is 8.52. The number of benzene rings is 2. The molecule has 32 heavy (non-hydrogen) atoms. The topological polar surface area (TPSA) is 75.3 Å². The summed E-state index contributed by atoms with van der Waals surface area (Å²) < 4.78 is 63.9. The van der Waals surface area contributed by atoms with Crippen molar-refractivity contribution in [3.63, 3.8) is 0 Å². The van der Waals surface area contributed by atoms with Crippen molar-refractivity contribution < 1.29 is 26.4 Å². The van der Waals surface area contributed by atoms with Gasteiger partial charge in [-0.15, -0.1) is 0 Å². The van der Waals surface area contributed by atoms with Gasteiger partial charge in [-0.2, -0.15) is 13.2 Å². The number of hydrogen-bond donors (Lipinski definition) is 2. The van der Waals surface area contributed by atoms with E-state index in [1.807, 2.05) is 19.9 Å². The van der Waals surface area contributed by atoms with Gasteiger partial charge in [0, 0.05) is 11.3 Å². The lowest BCUT2D eigenvalue weighted by atomic mass is 9.89. The lowest BCUT2D eigenvalue weighted by Gasteiger charge is -2.20. The Morgan fingerprint density at radius 3 is 2.31 bits per heavy atom. The zero-order valence-corrected chi connectivity index (χ0v) is 19.2. The molecule has 1 fully saturated rings. The van der Waals surface area contributed by atoms with Crippen LogP contribution >= 0.6 is 0 Å². The largest absolute Gasteiger partial charge is 0.416 e. The normalized spacial score (nSPS) is 21.7. The summed E-state index contributed by atoms with van der Waals surface area (Å²) >= 11 is 0. The van der Waals surface area contributed by atoms with E-state index in [4.69, 9.17) is 0 Å². The maximum Gasteiger partial charge on any atom is 0.416 e. The van der Waals surface area contributed by atoms with Crippen LogP contribution in [0.5, 0.6) is 0 Å². The Bertz CT molecular complexity index is 1110. The molecule has 0 aromatic heterocycles. The summed E-state index contributed by atoms with van der Waals surface area (Å²) in [7, 11) is -3.39. The molecule has 0 spiro atoms. The number of anilines is 1. The van der Waals surface area contributed by atoms with Gasteiger partial charge in [-0.3, -0.25) is 9.52 Å². The molecule has 2 aromatic carbocycles. The van der Waals surface area contributed by atoms with Crippen LogP contribution in [0.1, 0.15) is 55.0 Å². The molecule has 3 atom stereocenters. The second kappa shape index (κ2) is 8.42. The first-order valence-corrected chi connectivity index (χ1v) is 12.2. The van der Waals surface area contributed by atoms with Crippen molar-refractivity contribution in [2.75, 3.05) is 11.0 Å². The Kier molecular flexibility index (Phi) is 6.34. The lowest BCUT2D eigenvalue weighted by molar-refractivity contribution is -0.137. The predicted molar refractivity (Wildman–Crippen MR) is 118 cm³/mol. The molecule has 0 bridgehead atoms. The Morgan fingerprint density at radius 1 is 1.19 bits per heavy atom. The molecule has 1 aliphatic carbocycles. The Balaban J connectivity index is 1.70. The molecule has 1 amide bonds. The van der Waals surface area contributed by atoms with Crippen LogP contribution in [-0.4, -0.2) is 20.6 Å². The van der Waals surface area contributed by atoms with Crippen LogP contribution in [0.25, 0.3) is 0 Å². The molecular formula is C23H27F3N2O3S. The highest BCUT2D eigenvalue weighted by molar-refractivity contribution is 7.92. The minimum Gasteiger partial charge on any atom is -0.349 e. The summed E-state index contributed by atoms with van der Waals surface area (Å²) in [5.41, 5.74) is 1.62. The summed E-state index contributed by atoms with van der Waals surface area (Å²) in [6.45, 7) is 5.55. The van der Waals surface area contributed by atoms with E-state index in [9.17, 15) is 26.4 Å². The zero-order chi connectivity index (χ0) is 23.9. The van der Waals surface area contributed by atoms with E-state index in [0.29, 0.717) is 18.5 Å². The highest BCUT2D eigenvalue weighted by Gasteiger charge is 2.57. The van der Waals surface area contributed by atoms with E-state index in [1.165, 1.54) is 12.1 Å². The fraction of sp³-hybridized carbons (Fsp3) is 0.435. The number of hydrogen-bond acceptors (Lipinski definition) is 3. The molecule has 2 unspecified atom stereocenters. The number of nitrogens with one attached hydrogen (secondary N) is 2. The highest BCUT2D eigenvalue weighted by atomic mass is 32.2. The molecule has 1 saturated carbocycles. The van der Waals surface area contributed by atoms with Gasteiger partial charge in [0.15, 0.2) is 0 Å². The maximum absolute atomic E-state index is 12.9. The zero-order valence-electron chi connectivity index (χ0n) is 18.4. The molecule has 5 nitrogen and oxygen atoms in total. The number of carbonyl (C=O) groups excluding carboxylic acids is 1. The van der Waals surface area contributed by atoms with E-state index in [2.05, 4.69) is 10.0 Å². The Hall–Kier alpha value is -2.55. The van der Waals surface area contributed by atoms with Crippen LogP contribution in [0.4, 0.5) is 18.9 Å². The number of rotatable bonds is 7. The molecule has 0 aliphatic heterocycles. The van der Waals surface area contributed by atoms with E-state index in [1.54, 1.807) is 19.1 Å². The molecule has 174 valence electrons. The first kappa shape index (κ1) is 24.1. The molecule has 0 saturated heterocycles. The van der Waals surface area contributed by atoms with Crippen LogP contribution in [0, 0.1) is 12.8 Å². The first-order chi connectivity index (χ1) is 14.8. The van der Waals surface area contributed by atoms with Crippen molar-refractivity contribution in [3.8, 4) is 0 Å². The summed E-state index contributed by atoms with van der Waals surface area (Å²) in [5.74, 6) is -0.450. The van der Waals surface area contributed by atoms with E-state index < -0.39 is 27.2 Å². The molecule has 1 aliphatic rings. The van der Waals surface area contributed by atoms with Gasteiger partial charge in [0.1, 0.15) is 0 Å². The summed E-state index contributed by atoms with van der Waals surface area (Å²) in [6.07, 6.45) is -2.08. The molecule has 3 rings (SSSR count). The highest BCUT2D eigenvalue weighted by Crippen LogP contribution is 2.57. The van der Waals surface area contributed by atoms with Gasteiger partial charge in [-0.1, -0.05) is 31.2 Å². The molecule has 9 heteroatoms. The second-order valence-corrected chi connectivity index (χ2v) is 10.3. The van der Waals surface area contributed by atoms with Crippen LogP contribution in [0.2, 0.25) is 0 Å². The minimum absolute atomic E-state index is 0.143. The first-order valence-electron chi connectivity index (χ1n) is 10.3. The summed E-state index contributed by atoms with van der Waals surface area (Å²) in [6, 6.07) is 9.99. The van der Waals surface area contributed by atoms with Crippen molar-refractivity contribution in [2.45, 2.75) is 51.2 Å². The summed E-state index contributed by atoms with van der Waals surface area (Å²) in [5, 5.41) is 2.99. The van der Waals surface area contributed by atoms with E-state index in [-0.39, 0.29) is 17.9 Å². The quantitative estimate of drug-likeness (QED) is 0.605. The molecule has 2 N–H and O–H groups in total. The van der Waals surface area contributed by atoms with Gasteiger partial charge in [0.25, 0.3) is 0 Å².